The van der Waals surface area contributed by atoms with Crippen LogP contribution >= 0.6 is 0 Å². The largest absolute Gasteiger partial charge is 0.506 e. The lowest BCUT2D eigenvalue weighted by Gasteiger charge is -2.16. The molecule has 0 aromatic heterocycles. The second-order valence-corrected chi connectivity index (χ2v) is 6.06. The molecule has 1 amide bonds. The van der Waals surface area contributed by atoms with Crippen molar-refractivity contribution in [1.29, 1.82) is 0 Å². The number of aromatic hydroxyl groups is 1. The number of carbonyl (C=O) groups excluding carboxylic acids is 1. The van der Waals surface area contributed by atoms with Crippen LogP contribution in [0.2, 0.25) is 0 Å². The van der Waals surface area contributed by atoms with Crippen LogP contribution in [0.15, 0.2) is 42.5 Å². The summed E-state index contributed by atoms with van der Waals surface area (Å²) in [7, 11) is 1.64. The maximum Gasteiger partial charge on any atom is 0.211 e. The number of phenols is 1. The van der Waals surface area contributed by atoms with E-state index in [2.05, 4.69) is 17.6 Å². The zero-order chi connectivity index (χ0) is 18.2. The summed E-state index contributed by atoms with van der Waals surface area (Å²) in [5, 5.41) is 24.5. The summed E-state index contributed by atoms with van der Waals surface area (Å²) in [5.74, 6) is 0.808. The van der Waals surface area contributed by atoms with Gasteiger partial charge in [0, 0.05) is 6.42 Å². The molecular weight excluding hydrogens is 320 g/mol. The molecule has 5 N–H and O–H groups in total. The highest BCUT2D eigenvalue weighted by Gasteiger charge is 2.15. The molecule has 25 heavy (non-hydrogen) atoms. The van der Waals surface area contributed by atoms with Gasteiger partial charge in [0.2, 0.25) is 6.41 Å². The number of anilines is 1. The van der Waals surface area contributed by atoms with Crippen LogP contribution in [0.1, 0.15) is 24.2 Å². The summed E-state index contributed by atoms with van der Waals surface area (Å²) in [6, 6.07) is 12.9. The van der Waals surface area contributed by atoms with E-state index in [1.807, 2.05) is 24.3 Å². The van der Waals surface area contributed by atoms with E-state index < -0.39 is 6.10 Å². The molecule has 0 saturated carbocycles. The Balaban J connectivity index is 1.88. The van der Waals surface area contributed by atoms with Crippen molar-refractivity contribution in [2.75, 3.05) is 19.0 Å². The molecule has 0 aliphatic heterocycles. The van der Waals surface area contributed by atoms with Crippen molar-refractivity contribution in [3.8, 4) is 11.5 Å². The molecule has 0 spiro atoms. The Bertz CT molecular complexity index is 688. The number of hydrogen-bond acceptors (Lipinski definition) is 4. The molecule has 2 rings (SSSR count). The smallest absolute Gasteiger partial charge is 0.211 e. The minimum absolute atomic E-state index is 0.0279. The quantitative estimate of drug-likeness (QED) is 0.406. The van der Waals surface area contributed by atoms with E-state index in [-0.39, 0.29) is 11.4 Å². The van der Waals surface area contributed by atoms with Crippen molar-refractivity contribution < 1.29 is 25.1 Å². The number of nitrogens with two attached hydrogens (primary N) is 1. The fraction of sp³-hybridized carbons (Fsp3) is 0.316. The number of methoxy groups -OCH3 is 1. The van der Waals surface area contributed by atoms with Crippen molar-refractivity contribution in [1.82, 2.24) is 0 Å². The van der Waals surface area contributed by atoms with E-state index in [1.54, 1.807) is 19.2 Å². The Hall–Kier alpha value is -2.57. The van der Waals surface area contributed by atoms with Crippen LogP contribution in [-0.4, -0.2) is 36.3 Å². The molecule has 0 aliphatic rings. The Morgan fingerprint density at radius 2 is 1.96 bits per heavy atom. The zero-order valence-electron chi connectivity index (χ0n) is 14.5. The molecular formula is C19H25N2O4+. The number of carbonyl (C=O) groups is 1. The van der Waals surface area contributed by atoms with Crippen LogP contribution in [-0.2, 0) is 11.2 Å². The van der Waals surface area contributed by atoms with Gasteiger partial charge in [-0.25, -0.2) is 0 Å². The molecule has 0 fully saturated rings. The predicted octanol–water partition coefficient (Wildman–Crippen LogP) is 1.20. The Morgan fingerprint density at radius 1 is 1.24 bits per heavy atom. The van der Waals surface area contributed by atoms with Crippen LogP contribution in [0.25, 0.3) is 0 Å². The van der Waals surface area contributed by atoms with Crippen molar-refractivity contribution in [2.24, 2.45) is 0 Å². The average molecular weight is 345 g/mol. The Morgan fingerprint density at radius 3 is 2.60 bits per heavy atom. The fourth-order valence-corrected chi connectivity index (χ4v) is 2.65. The third-order valence-corrected chi connectivity index (χ3v) is 4.10. The predicted molar refractivity (Wildman–Crippen MR) is 95.7 cm³/mol. The minimum Gasteiger partial charge on any atom is -0.506 e. The van der Waals surface area contributed by atoms with Crippen molar-refractivity contribution in [3.63, 3.8) is 0 Å². The summed E-state index contributed by atoms with van der Waals surface area (Å²) < 4.78 is 5.15. The molecule has 0 saturated heterocycles. The molecule has 2 aromatic carbocycles. The first kappa shape index (κ1) is 18.8. The van der Waals surface area contributed by atoms with Gasteiger partial charge < -0.3 is 25.6 Å². The molecule has 134 valence electrons. The number of nitrogens with one attached hydrogen (secondary N) is 1. The van der Waals surface area contributed by atoms with Crippen LogP contribution < -0.4 is 15.4 Å². The van der Waals surface area contributed by atoms with Crippen LogP contribution in [0.3, 0.4) is 0 Å². The number of hydrogen-bond donors (Lipinski definition) is 4. The second kappa shape index (κ2) is 9.05. The Kier molecular flexibility index (Phi) is 6.80. The molecule has 0 bridgehead atoms. The molecule has 6 nitrogen and oxygen atoms in total. The highest BCUT2D eigenvalue weighted by Crippen LogP contribution is 2.26. The fourth-order valence-electron chi connectivity index (χ4n) is 2.65. The molecule has 2 aromatic rings. The van der Waals surface area contributed by atoms with E-state index in [9.17, 15) is 15.0 Å². The normalized spacial score (nSPS) is 13.1. The number of aliphatic hydroxyl groups is 1. The number of phenolic OH excluding ortho intramolecular Hbond substituents is 1. The highest BCUT2D eigenvalue weighted by molar-refractivity contribution is 5.75. The first-order valence-corrected chi connectivity index (χ1v) is 8.21. The molecule has 0 aliphatic carbocycles. The SMILES string of the molecule is COc1ccc(C[C@H](C)[NH2+]C[C@@H](O)c2ccc(O)c(NC=O)c2)cc1. The summed E-state index contributed by atoms with van der Waals surface area (Å²) in [4.78, 5) is 10.5. The van der Waals surface area contributed by atoms with E-state index in [0.29, 0.717) is 24.6 Å². The van der Waals surface area contributed by atoms with Crippen LogP contribution in [0, 0.1) is 0 Å². The molecule has 0 heterocycles. The molecule has 0 radical (unpaired) electrons. The van der Waals surface area contributed by atoms with Gasteiger partial charge in [0.05, 0.1) is 18.8 Å². The molecule has 0 unspecified atom stereocenters. The van der Waals surface area contributed by atoms with Gasteiger partial charge in [-0.2, -0.15) is 0 Å². The van der Waals surface area contributed by atoms with Crippen LogP contribution in [0.4, 0.5) is 5.69 Å². The molecule has 6 heteroatoms. The lowest BCUT2D eigenvalue weighted by atomic mass is 10.1. The van der Waals surface area contributed by atoms with Crippen LogP contribution in [0.5, 0.6) is 11.5 Å². The highest BCUT2D eigenvalue weighted by atomic mass is 16.5. The second-order valence-electron chi connectivity index (χ2n) is 6.06. The van der Waals surface area contributed by atoms with Crippen molar-refractivity contribution in [2.45, 2.75) is 25.5 Å². The van der Waals surface area contributed by atoms with Gasteiger partial charge in [-0.15, -0.1) is 0 Å². The summed E-state index contributed by atoms with van der Waals surface area (Å²) in [5.41, 5.74) is 2.15. The van der Waals surface area contributed by atoms with Gasteiger partial charge >= 0.3 is 0 Å². The first-order chi connectivity index (χ1) is 12.0. The zero-order valence-corrected chi connectivity index (χ0v) is 14.5. The Labute approximate surface area is 147 Å². The van der Waals surface area contributed by atoms with E-state index in [4.69, 9.17) is 4.74 Å². The number of benzene rings is 2. The van der Waals surface area contributed by atoms with E-state index in [0.717, 1.165) is 12.2 Å². The number of quaternary nitrogens is 1. The van der Waals surface area contributed by atoms with E-state index >= 15 is 0 Å². The first-order valence-electron chi connectivity index (χ1n) is 8.21. The number of ether oxygens (including phenoxy) is 1. The number of amides is 1. The summed E-state index contributed by atoms with van der Waals surface area (Å²) in [6.45, 7) is 2.59. The van der Waals surface area contributed by atoms with Gasteiger partial charge in [0.15, 0.2) is 0 Å². The van der Waals surface area contributed by atoms with Gasteiger partial charge in [-0.05, 0) is 42.3 Å². The number of rotatable bonds is 9. The van der Waals surface area contributed by atoms with Gasteiger partial charge in [0.1, 0.15) is 24.1 Å². The average Bonchev–Trinajstić information content (AvgIpc) is 2.62. The van der Waals surface area contributed by atoms with Gasteiger partial charge in [0.25, 0.3) is 0 Å². The number of aliphatic hydroxyl groups excluding tert-OH is 1. The lowest BCUT2D eigenvalue weighted by Crippen LogP contribution is -2.90. The summed E-state index contributed by atoms with van der Waals surface area (Å²) >= 11 is 0. The lowest BCUT2D eigenvalue weighted by molar-refractivity contribution is -0.692. The minimum atomic E-state index is -0.689. The van der Waals surface area contributed by atoms with Crippen molar-refractivity contribution in [3.05, 3.63) is 53.6 Å². The maximum atomic E-state index is 10.5. The topological polar surface area (TPSA) is 95.4 Å². The molecule has 2 atom stereocenters. The van der Waals surface area contributed by atoms with Gasteiger partial charge in [-0.3, -0.25) is 4.79 Å². The maximum absolute atomic E-state index is 10.5. The monoisotopic (exact) mass is 345 g/mol. The van der Waals surface area contributed by atoms with Gasteiger partial charge in [-0.1, -0.05) is 18.2 Å². The third kappa shape index (κ3) is 5.48. The van der Waals surface area contributed by atoms with E-state index in [1.165, 1.54) is 11.6 Å². The third-order valence-electron chi connectivity index (χ3n) is 4.10. The van der Waals surface area contributed by atoms with Crippen molar-refractivity contribution >= 4 is 12.1 Å². The summed E-state index contributed by atoms with van der Waals surface area (Å²) in [6.07, 6.45) is 0.685. The standard InChI is InChI=1S/C19H24N2O4/c1-13(9-14-3-6-16(25-2)7-4-14)20-11-19(24)15-5-8-18(23)17(10-15)21-12-22/h3-8,10,12-13,19-20,23-24H,9,11H2,1-2H3,(H,21,22)/p+1/t13-,19+/m0/s1.